The number of amides is 1. The minimum atomic E-state index is -0.333. The van der Waals surface area contributed by atoms with Crippen molar-refractivity contribution in [3.63, 3.8) is 0 Å². The van der Waals surface area contributed by atoms with Crippen LogP contribution in [0.2, 0.25) is 0 Å². The van der Waals surface area contributed by atoms with Crippen LogP contribution in [0.15, 0.2) is 77.8 Å². The maximum absolute atomic E-state index is 13.2. The van der Waals surface area contributed by atoms with E-state index in [0.29, 0.717) is 41.6 Å². The van der Waals surface area contributed by atoms with Gasteiger partial charge < -0.3 is 14.0 Å². The van der Waals surface area contributed by atoms with Crippen molar-refractivity contribution < 1.29 is 14.3 Å². The van der Waals surface area contributed by atoms with Crippen LogP contribution < -0.4 is 9.54 Å². The lowest BCUT2D eigenvalue weighted by molar-refractivity contribution is 0.0994. The zero-order chi connectivity index (χ0) is 21.6. The number of hydrogen-bond acceptors (Lipinski definition) is 4. The molecule has 0 aliphatic heterocycles. The fraction of sp³-hybridized carbons (Fsp3) is 0.200. The number of nitrogens with zero attached hydrogens (tertiary/aromatic N) is 2. The standard InChI is InChI=1S/C25H24N2O3S/c1-3-29-16-15-27-21-14-13-18(2)17-23(21)31-25(27)26-24(28)20-11-7-8-12-22(20)30-19-9-5-4-6-10-19/h4-14,17H,3,15-16H2,1-2H3. The monoisotopic (exact) mass is 432 g/mol. The number of aromatic nitrogens is 1. The van der Waals surface area contributed by atoms with Gasteiger partial charge in [-0.1, -0.05) is 47.7 Å². The number of benzene rings is 3. The first-order valence-corrected chi connectivity index (χ1v) is 11.1. The Morgan fingerprint density at radius 3 is 2.61 bits per heavy atom. The molecule has 1 heterocycles. The summed E-state index contributed by atoms with van der Waals surface area (Å²) in [6.07, 6.45) is 0. The number of thiazole rings is 1. The molecular weight excluding hydrogens is 408 g/mol. The topological polar surface area (TPSA) is 52.8 Å². The number of ether oxygens (including phenoxy) is 2. The molecule has 4 aromatic rings. The predicted molar refractivity (Wildman–Crippen MR) is 124 cm³/mol. The molecule has 6 heteroatoms. The molecule has 1 amide bonds. The number of hydrogen-bond donors (Lipinski definition) is 0. The second kappa shape index (κ2) is 9.73. The highest BCUT2D eigenvalue weighted by Crippen LogP contribution is 2.26. The number of rotatable bonds is 7. The molecule has 0 spiro atoms. The van der Waals surface area contributed by atoms with Crippen LogP contribution in [0.4, 0.5) is 0 Å². The summed E-state index contributed by atoms with van der Waals surface area (Å²) in [4.78, 5) is 18.3. The molecule has 0 radical (unpaired) electrons. The lowest BCUT2D eigenvalue weighted by atomic mass is 10.2. The average molecular weight is 433 g/mol. The highest BCUT2D eigenvalue weighted by atomic mass is 32.1. The second-order valence-electron chi connectivity index (χ2n) is 7.03. The molecule has 3 aromatic carbocycles. The van der Waals surface area contributed by atoms with Crippen molar-refractivity contribution in [1.82, 2.24) is 4.57 Å². The van der Waals surface area contributed by atoms with Gasteiger partial charge in [-0.15, -0.1) is 0 Å². The predicted octanol–water partition coefficient (Wildman–Crippen LogP) is 5.58. The summed E-state index contributed by atoms with van der Waals surface area (Å²) in [5, 5.41) is 0. The summed E-state index contributed by atoms with van der Waals surface area (Å²) in [6.45, 7) is 5.87. The summed E-state index contributed by atoms with van der Waals surface area (Å²) < 4.78 is 14.6. The van der Waals surface area contributed by atoms with Crippen LogP contribution in [0.5, 0.6) is 11.5 Å². The van der Waals surface area contributed by atoms with E-state index in [-0.39, 0.29) is 5.91 Å². The summed E-state index contributed by atoms with van der Waals surface area (Å²) in [5.74, 6) is 0.826. The molecule has 1 aromatic heterocycles. The summed E-state index contributed by atoms with van der Waals surface area (Å²) in [7, 11) is 0. The van der Waals surface area contributed by atoms with E-state index < -0.39 is 0 Å². The molecular formula is C25H24N2O3S. The van der Waals surface area contributed by atoms with Crippen LogP contribution in [0.3, 0.4) is 0 Å². The van der Waals surface area contributed by atoms with E-state index in [1.54, 1.807) is 12.1 Å². The average Bonchev–Trinajstić information content (AvgIpc) is 3.11. The van der Waals surface area contributed by atoms with Crippen LogP contribution in [-0.4, -0.2) is 23.7 Å². The SMILES string of the molecule is CCOCCn1c(=NC(=O)c2ccccc2Oc2ccccc2)sc2cc(C)ccc21. The Morgan fingerprint density at radius 1 is 1.03 bits per heavy atom. The molecule has 0 atom stereocenters. The van der Waals surface area contributed by atoms with Gasteiger partial charge in [0.2, 0.25) is 0 Å². The Bertz CT molecular complexity index is 1260. The van der Waals surface area contributed by atoms with Gasteiger partial charge in [-0.25, -0.2) is 0 Å². The van der Waals surface area contributed by atoms with Crippen molar-refractivity contribution in [3.05, 3.63) is 88.7 Å². The number of para-hydroxylation sites is 2. The maximum atomic E-state index is 13.2. The molecule has 31 heavy (non-hydrogen) atoms. The Morgan fingerprint density at radius 2 is 1.81 bits per heavy atom. The normalized spacial score (nSPS) is 11.7. The van der Waals surface area contributed by atoms with Gasteiger partial charge in [0.25, 0.3) is 5.91 Å². The Labute approximate surface area is 185 Å². The number of fused-ring (bicyclic) bond motifs is 1. The van der Waals surface area contributed by atoms with E-state index in [2.05, 4.69) is 30.1 Å². The van der Waals surface area contributed by atoms with Crippen molar-refractivity contribution in [2.24, 2.45) is 4.99 Å². The van der Waals surface area contributed by atoms with E-state index in [0.717, 1.165) is 10.2 Å². The zero-order valence-corrected chi connectivity index (χ0v) is 18.4. The molecule has 0 saturated carbocycles. The molecule has 158 valence electrons. The largest absolute Gasteiger partial charge is 0.457 e. The van der Waals surface area contributed by atoms with Gasteiger partial charge >= 0.3 is 0 Å². The Balaban J connectivity index is 1.73. The quantitative estimate of drug-likeness (QED) is 0.358. The number of carbonyl (C=O) groups is 1. The second-order valence-corrected chi connectivity index (χ2v) is 8.04. The first kappa shape index (κ1) is 21.0. The fourth-order valence-electron chi connectivity index (χ4n) is 3.28. The Kier molecular flexibility index (Phi) is 6.60. The number of aryl methyl sites for hydroxylation is 1. The van der Waals surface area contributed by atoms with Crippen LogP contribution in [-0.2, 0) is 11.3 Å². The van der Waals surface area contributed by atoms with Crippen LogP contribution in [0.25, 0.3) is 10.2 Å². The van der Waals surface area contributed by atoms with Crippen molar-refractivity contribution in [2.45, 2.75) is 20.4 Å². The van der Waals surface area contributed by atoms with Crippen molar-refractivity contribution in [1.29, 1.82) is 0 Å². The van der Waals surface area contributed by atoms with Crippen LogP contribution in [0.1, 0.15) is 22.8 Å². The molecule has 0 aliphatic carbocycles. The summed E-state index contributed by atoms with van der Waals surface area (Å²) >= 11 is 1.51. The molecule has 0 N–H and O–H groups in total. The van der Waals surface area contributed by atoms with Crippen LogP contribution >= 0.6 is 11.3 Å². The van der Waals surface area contributed by atoms with Gasteiger partial charge in [0.1, 0.15) is 11.5 Å². The molecule has 5 nitrogen and oxygen atoms in total. The molecule has 0 unspecified atom stereocenters. The van der Waals surface area contributed by atoms with E-state index in [1.165, 1.54) is 16.9 Å². The van der Waals surface area contributed by atoms with Gasteiger partial charge in [-0.05, 0) is 55.8 Å². The third-order valence-corrected chi connectivity index (χ3v) is 5.83. The van der Waals surface area contributed by atoms with E-state index in [1.807, 2.05) is 54.0 Å². The van der Waals surface area contributed by atoms with Gasteiger partial charge in [0.05, 0.1) is 22.4 Å². The van der Waals surface area contributed by atoms with Crippen molar-refractivity contribution in [2.75, 3.05) is 13.2 Å². The molecule has 0 fully saturated rings. The summed E-state index contributed by atoms with van der Waals surface area (Å²) in [6, 6.07) is 22.9. The third kappa shape index (κ3) is 4.93. The van der Waals surface area contributed by atoms with Gasteiger partial charge in [-0.3, -0.25) is 4.79 Å². The minimum Gasteiger partial charge on any atom is -0.457 e. The number of carbonyl (C=O) groups excluding carboxylic acids is 1. The zero-order valence-electron chi connectivity index (χ0n) is 17.6. The molecule has 0 saturated heterocycles. The first-order chi connectivity index (χ1) is 15.2. The fourth-order valence-corrected chi connectivity index (χ4v) is 4.43. The van der Waals surface area contributed by atoms with E-state index in [9.17, 15) is 4.79 Å². The Hall–Kier alpha value is -3.22. The van der Waals surface area contributed by atoms with Crippen molar-refractivity contribution in [3.8, 4) is 11.5 Å². The molecule has 4 rings (SSSR count). The van der Waals surface area contributed by atoms with E-state index in [4.69, 9.17) is 9.47 Å². The summed E-state index contributed by atoms with van der Waals surface area (Å²) in [5.41, 5.74) is 2.65. The van der Waals surface area contributed by atoms with Gasteiger partial charge in [0.15, 0.2) is 4.80 Å². The highest BCUT2D eigenvalue weighted by Gasteiger charge is 2.14. The van der Waals surface area contributed by atoms with Crippen LogP contribution in [0, 0.1) is 6.92 Å². The first-order valence-electron chi connectivity index (χ1n) is 10.2. The lowest BCUT2D eigenvalue weighted by Gasteiger charge is -2.09. The molecule has 0 bridgehead atoms. The molecule has 0 aliphatic rings. The minimum absolute atomic E-state index is 0.333. The highest BCUT2D eigenvalue weighted by molar-refractivity contribution is 7.16. The van der Waals surface area contributed by atoms with Crippen molar-refractivity contribution >= 4 is 27.5 Å². The van der Waals surface area contributed by atoms with Gasteiger partial charge in [0, 0.05) is 13.2 Å². The third-order valence-electron chi connectivity index (χ3n) is 4.79. The lowest BCUT2D eigenvalue weighted by Crippen LogP contribution is -2.19. The smallest absolute Gasteiger partial charge is 0.283 e. The van der Waals surface area contributed by atoms with Gasteiger partial charge in [-0.2, -0.15) is 4.99 Å². The van der Waals surface area contributed by atoms with E-state index >= 15 is 0 Å². The maximum Gasteiger partial charge on any atom is 0.283 e.